The van der Waals surface area contributed by atoms with Gasteiger partial charge in [0.25, 0.3) is 0 Å². The maximum Gasteiger partial charge on any atom is 0.122 e. The van der Waals surface area contributed by atoms with Crippen molar-refractivity contribution in [2.75, 3.05) is 20.2 Å². The standard InChI is InChI=1S/C19H29N3O/c1-6-9-22-17(4)18(13-20-22)14-21(5)10-11-23-19-12-15(2)7-8-16(19)3/h7-8,12-13H,6,9-11,14H2,1-5H3. The van der Waals surface area contributed by atoms with Gasteiger partial charge in [0.2, 0.25) is 0 Å². The molecule has 126 valence electrons. The van der Waals surface area contributed by atoms with Gasteiger partial charge < -0.3 is 4.74 Å². The first-order chi connectivity index (χ1) is 11.0. The molecule has 0 N–H and O–H groups in total. The molecule has 1 aromatic heterocycles. The Bertz CT molecular complexity index is 634. The number of aromatic nitrogens is 2. The Kier molecular flexibility index (Phi) is 6.22. The van der Waals surface area contributed by atoms with E-state index in [2.05, 4.69) is 67.6 Å². The van der Waals surface area contributed by atoms with E-state index in [1.54, 1.807) is 0 Å². The normalized spacial score (nSPS) is 11.2. The molecule has 23 heavy (non-hydrogen) atoms. The van der Waals surface area contributed by atoms with Crippen LogP contribution in [0.15, 0.2) is 24.4 Å². The van der Waals surface area contributed by atoms with Gasteiger partial charge in [0.1, 0.15) is 12.4 Å². The van der Waals surface area contributed by atoms with Crippen LogP contribution in [-0.4, -0.2) is 34.9 Å². The van der Waals surface area contributed by atoms with Gasteiger partial charge in [-0.25, -0.2) is 0 Å². The summed E-state index contributed by atoms with van der Waals surface area (Å²) in [4.78, 5) is 2.28. The molecule has 2 aromatic rings. The molecule has 0 aliphatic carbocycles. The smallest absolute Gasteiger partial charge is 0.122 e. The summed E-state index contributed by atoms with van der Waals surface area (Å²) in [6.07, 6.45) is 3.11. The first-order valence-electron chi connectivity index (χ1n) is 8.41. The van der Waals surface area contributed by atoms with Crippen LogP contribution in [0.4, 0.5) is 0 Å². The summed E-state index contributed by atoms with van der Waals surface area (Å²) < 4.78 is 8.03. The van der Waals surface area contributed by atoms with Crippen molar-refractivity contribution in [3.8, 4) is 5.75 Å². The van der Waals surface area contributed by atoms with E-state index < -0.39 is 0 Å². The Morgan fingerprint density at radius 1 is 1.22 bits per heavy atom. The van der Waals surface area contributed by atoms with E-state index in [9.17, 15) is 0 Å². The lowest BCUT2D eigenvalue weighted by molar-refractivity contribution is 0.231. The molecule has 0 unspecified atom stereocenters. The van der Waals surface area contributed by atoms with Crippen LogP contribution in [0.2, 0.25) is 0 Å². The minimum atomic E-state index is 0.697. The Morgan fingerprint density at radius 2 is 2.00 bits per heavy atom. The fourth-order valence-electron chi connectivity index (χ4n) is 2.62. The highest BCUT2D eigenvalue weighted by Gasteiger charge is 2.09. The molecule has 4 heteroatoms. The van der Waals surface area contributed by atoms with Crippen molar-refractivity contribution in [1.29, 1.82) is 0 Å². The van der Waals surface area contributed by atoms with E-state index in [1.807, 2.05) is 6.20 Å². The number of hydrogen-bond donors (Lipinski definition) is 0. The zero-order valence-corrected chi connectivity index (χ0v) is 15.1. The predicted octanol–water partition coefficient (Wildman–Crippen LogP) is 3.73. The quantitative estimate of drug-likeness (QED) is 0.743. The number of nitrogens with zero attached hydrogens (tertiary/aromatic N) is 3. The highest BCUT2D eigenvalue weighted by atomic mass is 16.5. The second-order valence-corrected chi connectivity index (χ2v) is 6.33. The second kappa shape index (κ2) is 8.16. The Hall–Kier alpha value is -1.81. The van der Waals surface area contributed by atoms with Crippen molar-refractivity contribution in [3.63, 3.8) is 0 Å². The van der Waals surface area contributed by atoms with Crippen LogP contribution >= 0.6 is 0 Å². The molecule has 4 nitrogen and oxygen atoms in total. The fourth-order valence-corrected chi connectivity index (χ4v) is 2.62. The van der Waals surface area contributed by atoms with Crippen LogP contribution in [0.25, 0.3) is 0 Å². The van der Waals surface area contributed by atoms with Crippen molar-refractivity contribution < 1.29 is 4.74 Å². The van der Waals surface area contributed by atoms with Crippen LogP contribution in [0, 0.1) is 20.8 Å². The van der Waals surface area contributed by atoms with Gasteiger partial charge in [-0.15, -0.1) is 0 Å². The maximum atomic E-state index is 5.94. The van der Waals surface area contributed by atoms with Crippen molar-refractivity contribution in [2.24, 2.45) is 0 Å². The first-order valence-corrected chi connectivity index (χ1v) is 8.41. The lowest BCUT2D eigenvalue weighted by Crippen LogP contribution is -2.24. The van der Waals surface area contributed by atoms with Crippen molar-refractivity contribution in [3.05, 3.63) is 46.8 Å². The summed E-state index contributed by atoms with van der Waals surface area (Å²) in [5.41, 5.74) is 5.00. The Morgan fingerprint density at radius 3 is 2.74 bits per heavy atom. The zero-order chi connectivity index (χ0) is 16.8. The van der Waals surface area contributed by atoms with Crippen LogP contribution in [0.1, 0.15) is 35.7 Å². The summed E-state index contributed by atoms with van der Waals surface area (Å²) in [7, 11) is 2.13. The molecule has 2 rings (SSSR count). The average Bonchev–Trinajstić information content (AvgIpc) is 2.84. The molecule has 0 aliphatic heterocycles. The van der Waals surface area contributed by atoms with Crippen molar-refractivity contribution in [1.82, 2.24) is 14.7 Å². The van der Waals surface area contributed by atoms with E-state index >= 15 is 0 Å². The summed E-state index contributed by atoms with van der Waals surface area (Å²) in [5, 5.41) is 4.47. The van der Waals surface area contributed by atoms with Gasteiger partial charge in [0, 0.05) is 30.9 Å². The van der Waals surface area contributed by atoms with Gasteiger partial charge >= 0.3 is 0 Å². The van der Waals surface area contributed by atoms with E-state index in [4.69, 9.17) is 4.74 Å². The van der Waals surface area contributed by atoms with Crippen LogP contribution in [-0.2, 0) is 13.1 Å². The second-order valence-electron chi connectivity index (χ2n) is 6.33. The molecule has 0 bridgehead atoms. The van der Waals surface area contributed by atoms with Crippen molar-refractivity contribution >= 4 is 0 Å². The number of benzene rings is 1. The molecule has 0 saturated carbocycles. The molecule has 0 fully saturated rings. The Labute approximate surface area is 140 Å². The number of aryl methyl sites for hydroxylation is 3. The number of hydrogen-bond acceptors (Lipinski definition) is 3. The molecule has 0 atom stereocenters. The fraction of sp³-hybridized carbons (Fsp3) is 0.526. The molecule has 0 amide bonds. The monoisotopic (exact) mass is 315 g/mol. The van der Waals surface area contributed by atoms with E-state index in [0.717, 1.165) is 31.8 Å². The molecule has 1 heterocycles. The third-order valence-electron chi connectivity index (χ3n) is 4.15. The van der Waals surface area contributed by atoms with Gasteiger partial charge in [-0.05, 0) is 51.4 Å². The van der Waals surface area contributed by atoms with Crippen LogP contribution < -0.4 is 4.74 Å². The lowest BCUT2D eigenvalue weighted by atomic mass is 10.1. The third-order valence-corrected chi connectivity index (χ3v) is 4.15. The third kappa shape index (κ3) is 4.83. The summed E-state index contributed by atoms with van der Waals surface area (Å²) >= 11 is 0. The molecule has 0 saturated heterocycles. The molecule has 0 radical (unpaired) electrons. The number of ether oxygens (including phenoxy) is 1. The van der Waals surface area contributed by atoms with Gasteiger partial charge in [-0.3, -0.25) is 9.58 Å². The summed E-state index contributed by atoms with van der Waals surface area (Å²) in [6, 6.07) is 6.33. The summed E-state index contributed by atoms with van der Waals surface area (Å²) in [6.45, 7) is 12.0. The number of rotatable bonds is 8. The lowest BCUT2D eigenvalue weighted by Gasteiger charge is -2.17. The molecule has 0 aliphatic rings. The number of likely N-dealkylation sites (N-methyl/N-ethyl adjacent to an activating group) is 1. The SMILES string of the molecule is CCCn1ncc(CN(C)CCOc2cc(C)ccc2C)c1C. The predicted molar refractivity (Wildman–Crippen MR) is 95.0 cm³/mol. The molecule has 0 spiro atoms. The van der Waals surface area contributed by atoms with Crippen molar-refractivity contribution in [2.45, 2.75) is 47.2 Å². The largest absolute Gasteiger partial charge is 0.492 e. The average molecular weight is 315 g/mol. The molecule has 1 aromatic carbocycles. The minimum absolute atomic E-state index is 0.697. The van der Waals surface area contributed by atoms with E-state index in [1.165, 1.54) is 22.4 Å². The zero-order valence-electron chi connectivity index (χ0n) is 15.1. The summed E-state index contributed by atoms with van der Waals surface area (Å²) in [5.74, 6) is 0.991. The van der Waals surface area contributed by atoms with Gasteiger partial charge in [0.15, 0.2) is 0 Å². The van der Waals surface area contributed by atoms with Gasteiger partial charge in [0.05, 0.1) is 6.20 Å². The maximum absolute atomic E-state index is 5.94. The van der Waals surface area contributed by atoms with Crippen LogP contribution in [0.5, 0.6) is 5.75 Å². The molecular weight excluding hydrogens is 286 g/mol. The van der Waals surface area contributed by atoms with Gasteiger partial charge in [-0.2, -0.15) is 5.10 Å². The van der Waals surface area contributed by atoms with E-state index in [0.29, 0.717) is 6.61 Å². The van der Waals surface area contributed by atoms with Gasteiger partial charge in [-0.1, -0.05) is 19.1 Å². The van der Waals surface area contributed by atoms with Crippen LogP contribution in [0.3, 0.4) is 0 Å². The topological polar surface area (TPSA) is 30.3 Å². The van der Waals surface area contributed by atoms with E-state index in [-0.39, 0.29) is 0 Å². The first kappa shape index (κ1) is 17.5. The Balaban J connectivity index is 1.83. The minimum Gasteiger partial charge on any atom is -0.492 e. The highest BCUT2D eigenvalue weighted by Crippen LogP contribution is 2.19. The highest BCUT2D eigenvalue weighted by molar-refractivity contribution is 5.35. The molecular formula is C19H29N3O.